The second kappa shape index (κ2) is 7.67. The van der Waals surface area contributed by atoms with Crippen molar-refractivity contribution in [3.63, 3.8) is 0 Å². The van der Waals surface area contributed by atoms with Crippen molar-refractivity contribution in [2.45, 2.75) is 87.0 Å². The second-order valence-electron chi connectivity index (χ2n) is 9.42. The van der Waals surface area contributed by atoms with Crippen LogP contribution in [0.3, 0.4) is 0 Å². The highest BCUT2D eigenvalue weighted by Crippen LogP contribution is 2.54. The van der Waals surface area contributed by atoms with E-state index < -0.39 is 8.56 Å². The fraction of sp³-hybridized carbons (Fsp3) is 0.700. The minimum absolute atomic E-state index is 0.0175. The predicted octanol–water partition coefficient (Wildman–Crippen LogP) is 5.98. The first-order chi connectivity index (χ1) is 12.0. The van der Waals surface area contributed by atoms with Gasteiger partial charge in [-0.1, -0.05) is 59.7 Å². The van der Waals surface area contributed by atoms with Gasteiger partial charge in [0.1, 0.15) is 8.07 Å². The van der Waals surface area contributed by atoms with Gasteiger partial charge in [0, 0.05) is 22.9 Å². The van der Waals surface area contributed by atoms with Gasteiger partial charge in [0.15, 0.2) is 4.90 Å². The highest BCUT2D eigenvalue weighted by molar-refractivity contribution is 14.2. The monoisotopic (exact) mass is 507 g/mol. The number of hydrogen-bond donors (Lipinski definition) is 0. The van der Waals surface area contributed by atoms with Gasteiger partial charge in [0.2, 0.25) is 5.44 Å². The predicted molar refractivity (Wildman–Crippen MR) is 120 cm³/mol. The molecular formula is C20H32IO3SSi+. The highest BCUT2D eigenvalue weighted by Gasteiger charge is 2.61. The van der Waals surface area contributed by atoms with Crippen molar-refractivity contribution < 1.29 is 13.6 Å². The summed E-state index contributed by atoms with van der Waals surface area (Å²) < 4.78 is 20.1. The van der Waals surface area contributed by atoms with Gasteiger partial charge in [-0.25, -0.2) is 0 Å². The van der Waals surface area contributed by atoms with Gasteiger partial charge in [0.05, 0.1) is 18.8 Å². The lowest BCUT2D eigenvalue weighted by Crippen LogP contribution is -2.58. The molecule has 1 aromatic carbocycles. The third-order valence-electron chi connectivity index (χ3n) is 5.30. The Hall–Kier alpha value is 0.397. The van der Waals surface area contributed by atoms with Crippen LogP contribution < -0.4 is 0 Å². The van der Waals surface area contributed by atoms with Crippen molar-refractivity contribution in [3.05, 3.63) is 30.3 Å². The van der Waals surface area contributed by atoms with E-state index in [1.165, 1.54) is 4.90 Å². The maximum absolute atomic E-state index is 6.95. The zero-order chi connectivity index (χ0) is 19.2. The molecule has 3 nitrogen and oxygen atoms in total. The molecule has 0 aliphatic carbocycles. The SMILES string of the molecule is CC(C)(C)[Si]1(C(C)(C)C)OC[C@@H]2C[C@@H](C[C@H]([S+](I)c3ccccc3)O2)O1. The zero-order valence-electron chi connectivity index (χ0n) is 16.8. The molecule has 2 heterocycles. The van der Waals surface area contributed by atoms with Crippen molar-refractivity contribution in [2.75, 3.05) is 6.61 Å². The summed E-state index contributed by atoms with van der Waals surface area (Å²) in [5, 5.41) is 0.0351. The Morgan fingerprint density at radius 3 is 2.15 bits per heavy atom. The van der Waals surface area contributed by atoms with Crippen LogP contribution in [0.2, 0.25) is 10.1 Å². The molecule has 6 heteroatoms. The number of rotatable bonds is 2. The molecule has 0 amide bonds. The van der Waals surface area contributed by atoms with E-state index in [0.717, 1.165) is 12.8 Å². The molecule has 2 aliphatic rings. The van der Waals surface area contributed by atoms with Crippen molar-refractivity contribution in [3.8, 4) is 0 Å². The third-order valence-corrected chi connectivity index (χ3v) is 15.2. The van der Waals surface area contributed by atoms with Crippen molar-refractivity contribution in [2.24, 2.45) is 0 Å². The van der Waals surface area contributed by atoms with Gasteiger partial charge in [-0.2, -0.15) is 0 Å². The minimum atomic E-state index is -2.45. The van der Waals surface area contributed by atoms with Crippen LogP contribution in [0.5, 0.6) is 0 Å². The summed E-state index contributed by atoms with van der Waals surface area (Å²) in [6.45, 7) is 14.4. The van der Waals surface area contributed by atoms with E-state index in [2.05, 4.69) is 93.1 Å². The summed E-state index contributed by atoms with van der Waals surface area (Å²) in [4.78, 5) is 1.35. The Morgan fingerprint density at radius 1 is 0.962 bits per heavy atom. The molecule has 4 atom stereocenters. The van der Waals surface area contributed by atoms with Crippen molar-refractivity contribution >= 4 is 37.8 Å². The first kappa shape index (κ1) is 21.1. The average molecular weight is 508 g/mol. The molecule has 2 aliphatic heterocycles. The molecule has 1 aromatic rings. The summed E-state index contributed by atoms with van der Waals surface area (Å²) in [6.07, 6.45) is 2.30. The first-order valence-electron chi connectivity index (χ1n) is 9.45. The van der Waals surface area contributed by atoms with Gasteiger partial charge in [0.25, 0.3) is 21.2 Å². The van der Waals surface area contributed by atoms with Gasteiger partial charge >= 0.3 is 8.56 Å². The fourth-order valence-electron chi connectivity index (χ4n) is 4.36. The minimum Gasteiger partial charge on any atom is -0.391 e. The smallest absolute Gasteiger partial charge is 0.349 e. The van der Waals surface area contributed by atoms with E-state index in [4.69, 9.17) is 13.6 Å². The second-order valence-corrected chi connectivity index (χ2v) is 18.6. The number of ether oxygens (including phenoxy) is 1. The summed E-state index contributed by atoms with van der Waals surface area (Å²) in [6, 6.07) is 10.7. The average Bonchev–Trinajstić information content (AvgIpc) is 2.70. The van der Waals surface area contributed by atoms with Gasteiger partial charge in [-0.3, -0.25) is 0 Å². The zero-order valence-corrected chi connectivity index (χ0v) is 20.7. The summed E-state index contributed by atoms with van der Waals surface area (Å²) >= 11 is 2.56. The van der Waals surface area contributed by atoms with E-state index in [1.54, 1.807) is 0 Å². The largest absolute Gasteiger partial charge is 0.391 e. The molecule has 2 fully saturated rings. The van der Waals surface area contributed by atoms with Crippen molar-refractivity contribution in [1.82, 2.24) is 0 Å². The van der Waals surface area contributed by atoms with Gasteiger partial charge < -0.3 is 13.6 Å². The molecule has 0 N–H and O–H groups in total. The molecule has 26 heavy (non-hydrogen) atoms. The van der Waals surface area contributed by atoms with Crippen LogP contribution in [0.25, 0.3) is 0 Å². The van der Waals surface area contributed by atoms with Crippen LogP contribution in [-0.4, -0.2) is 32.8 Å². The Balaban J connectivity index is 1.85. The molecule has 0 saturated carbocycles. The lowest BCUT2D eigenvalue weighted by atomic mass is 10.1. The summed E-state index contributed by atoms with van der Waals surface area (Å²) in [7, 11) is -2.42. The van der Waals surface area contributed by atoms with E-state index in [0.29, 0.717) is 6.61 Å². The normalized spacial score (nSPS) is 30.5. The standard InChI is InChI=1S/C20H32IO3SSi/c1-19(2,3)26(20(4,5)6)22-14-16-12-15(24-26)13-18(23-16)25(21)17-10-8-7-9-11-17/h7-11,15-16,18H,12-14H2,1-6H3/q+1/t15-,16-,18-,25?/m0/s1. The van der Waals surface area contributed by atoms with Crippen LogP contribution in [0.4, 0.5) is 0 Å². The number of fused-ring (bicyclic) bond motifs is 2. The Morgan fingerprint density at radius 2 is 1.58 bits per heavy atom. The van der Waals surface area contributed by atoms with Crippen LogP contribution >= 0.6 is 21.2 Å². The summed E-state index contributed by atoms with van der Waals surface area (Å²) in [5.41, 5.74) is 0.204. The first-order valence-corrected chi connectivity index (χ1v) is 15.1. The quantitative estimate of drug-likeness (QED) is 0.280. The maximum atomic E-state index is 6.95. The lowest BCUT2D eigenvalue weighted by Gasteiger charge is -2.49. The van der Waals surface area contributed by atoms with Crippen LogP contribution in [0.15, 0.2) is 35.2 Å². The lowest BCUT2D eigenvalue weighted by molar-refractivity contribution is -0.0493. The number of halogens is 1. The third kappa shape index (κ3) is 4.05. The number of benzene rings is 1. The topological polar surface area (TPSA) is 27.7 Å². The summed E-state index contributed by atoms with van der Waals surface area (Å²) in [5.74, 6) is 0. The molecule has 146 valence electrons. The highest BCUT2D eigenvalue weighted by atomic mass is 127. The van der Waals surface area contributed by atoms with Crippen LogP contribution in [0.1, 0.15) is 54.4 Å². The molecular weight excluding hydrogens is 475 g/mol. The molecule has 3 rings (SSSR count). The Bertz CT molecular complexity index is 600. The molecule has 0 aromatic heterocycles. The molecule has 0 spiro atoms. The molecule has 2 bridgehead atoms. The van der Waals surface area contributed by atoms with Gasteiger partial charge in [-0.15, -0.1) is 0 Å². The van der Waals surface area contributed by atoms with E-state index in [1.807, 2.05) is 0 Å². The Kier molecular flexibility index (Phi) is 6.23. The van der Waals surface area contributed by atoms with E-state index >= 15 is 0 Å². The van der Waals surface area contributed by atoms with E-state index in [-0.39, 0.29) is 35.8 Å². The molecule has 2 saturated heterocycles. The van der Waals surface area contributed by atoms with Crippen LogP contribution in [0, 0.1) is 0 Å². The van der Waals surface area contributed by atoms with Crippen molar-refractivity contribution in [1.29, 1.82) is 0 Å². The van der Waals surface area contributed by atoms with Crippen LogP contribution in [-0.2, 0) is 21.7 Å². The molecule has 1 unspecified atom stereocenters. The van der Waals surface area contributed by atoms with Gasteiger partial charge in [-0.05, 0) is 12.1 Å². The van der Waals surface area contributed by atoms with E-state index in [9.17, 15) is 0 Å². The number of hydrogen-bond acceptors (Lipinski definition) is 3. The molecule has 0 radical (unpaired) electrons. The fourth-order valence-corrected chi connectivity index (χ4v) is 12.6. The Labute approximate surface area is 174 Å². The maximum Gasteiger partial charge on any atom is 0.349 e.